The van der Waals surface area contributed by atoms with Gasteiger partial charge in [-0.05, 0) is 34.1 Å². The quantitative estimate of drug-likeness (QED) is 0.656. The van der Waals surface area contributed by atoms with Crippen LogP contribution in [0.1, 0.15) is 0 Å². The van der Waals surface area contributed by atoms with Crippen molar-refractivity contribution in [1.82, 2.24) is 9.97 Å². The van der Waals surface area contributed by atoms with Gasteiger partial charge < -0.3 is 5.43 Å². The predicted octanol–water partition coefficient (Wildman–Crippen LogP) is 2.33. The molecule has 0 saturated carbocycles. The molecule has 0 unspecified atom stereocenters. The number of nitrogen functional groups attached to an aromatic ring is 1. The molecule has 2 rings (SSSR count). The highest BCUT2D eigenvalue weighted by Gasteiger charge is 2.05. The molecule has 1 aromatic carbocycles. The molecule has 82 valence electrons. The lowest BCUT2D eigenvalue weighted by atomic mass is 10.2. The van der Waals surface area contributed by atoms with Crippen LogP contribution in [0.3, 0.4) is 0 Å². The van der Waals surface area contributed by atoms with E-state index in [0.29, 0.717) is 21.7 Å². The van der Waals surface area contributed by atoms with Crippen LogP contribution in [0.25, 0.3) is 11.4 Å². The molecular formula is C10H8BrFN4. The summed E-state index contributed by atoms with van der Waals surface area (Å²) >= 11 is 3.11. The molecule has 0 amide bonds. The predicted molar refractivity (Wildman–Crippen MR) is 62.9 cm³/mol. The van der Waals surface area contributed by atoms with E-state index < -0.39 is 0 Å². The molecule has 4 nitrogen and oxygen atoms in total. The van der Waals surface area contributed by atoms with Crippen molar-refractivity contribution >= 4 is 21.7 Å². The number of aromatic nitrogens is 2. The number of benzene rings is 1. The third-order valence-electron chi connectivity index (χ3n) is 1.98. The highest BCUT2D eigenvalue weighted by atomic mass is 79.9. The van der Waals surface area contributed by atoms with Crippen LogP contribution in [0.4, 0.5) is 10.2 Å². The molecule has 1 heterocycles. The lowest BCUT2D eigenvalue weighted by Gasteiger charge is -2.03. The van der Waals surface area contributed by atoms with E-state index in [-0.39, 0.29) is 5.82 Å². The molecular weight excluding hydrogens is 275 g/mol. The number of hydrogen-bond donors (Lipinski definition) is 2. The molecule has 3 N–H and O–H groups in total. The number of hydrazine groups is 1. The average Bonchev–Trinajstić information content (AvgIpc) is 2.33. The van der Waals surface area contributed by atoms with Crippen LogP contribution in [-0.4, -0.2) is 9.97 Å². The van der Waals surface area contributed by atoms with Gasteiger partial charge in [-0.3, -0.25) is 0 Å². The second-order valence-corrected chi connectivity index (χ2v) is 3.89. The zero-order chi connectivity index (χ0) is 11.5. The van der Waals surface area contributed by atoms with Crippen LogP contribution < -0.4 is 11.3 Å². The topological polar surface area (TPSA) is 63.8 Å². The Kier molecular flexibility index (Phi) is 3.12. The van der Waals surface area contributed by atoms with Crippen LogP contribution in [0.15, 0.2) is 34.9 Å². The molecule has 0 bridgehead atoms. The number of rotatable bonds is 2. The minimum atomic E-state index is -0.322. The Bertz CT molecular complexity index is 518. The van der Waals surface area contributed by atoms with Gasteiger partial charge in [-0.2, -0.15) is 0 Å². The monoisotopic (exact) mass is 282 g/mol. The van der Waals surface area contributed by atoms with Crippen LogP contribution in [-0.2, 0) is 0 Å². The van der Waals surface area contributed by atoms with Crippen molar-refractivity contribution in [2.45, 2.75) is 0 Å². The fourth-order valence-corrected chi connectivity index (χ4v) is 1.59. The Morgan fingerprint density at radius 3 is 2.81 bits per heavy atom. The Hall–Kier alpha value is -1.53. The molecule has 0 fully saturated rings. The summed E-state index contributed by atoms with van der Waals surface area (Å²) < 4.78 is 13.4. The Balaban J connectivity index is 2.46. The van der Waals surface area contributed by atoms with Crippen molar-refractivity contribution in [3.63, 3.8) is 0 Å². The van der Waals surface area contributed by atoms with Gasteiger partial charge in [0.2, 0.25) is 0 Å². The summed E-state index contributed by atoms with van der Waals surface area (Å²) in [5.41, 5.74) is 3.14. The van der Waals surface area contributed by atoms with Gasteiger partial charge in [0.25, 0.3) is 0 Å². The van der Waals surface area contributed by atoms with Crippen LogP contribution in [0.5, 0.6) is 0 Å². The van der Waals surface area contributed by atoms with E-state index in [4.69, 9.17) is 5.84 Å². The minimum Gasteiger partial charge on any atom is -0.308 e. The summed E-state index contributed by atoms with van der Waals surface area (Å²) in [4.78, 5) is 8.22. The molecule has 0 radical (unpaired) electrons. The van der Waals surface area contributed by atoms with Crippen molar-refractivity contribution in [1.29, 1.82) is 0 Å². The maximum Gasteiger partial charge on any atom is 0.161 e. The number of anilines is 1. The maximum absolute atomic E-state index is 13.0. The number of nitrogens with one attached hydrogen (secondary N) is 1. The van der Waals surface area contributed by atoms with E-state index in [1.807, 2.05) is 0 Å². The summed E-state index contributed by atoms with van der Waals surface area (Å²) in [7, 11) is 0. The van der Waals surface area contributed by atoms with Gasteiger partial charge in [-0.1, -0.05) is 0 Å². The first-order valence-electron chi connectivity index (χ1n) is 4.46. The first-order valence-corrected chi connectivity index (χ1v) is 5.25. The van der Waals surface area contributed by atoms with E-state index in [9.17, 15) is 4.39 Å². The second-order valence-electron chi connectivity index (χ2n) is 3.04. The van der Waals surface area contributed by atoms with Crippen molar-refractivity contribution in [2.75, 3.05) is 5.43 Å². The van der Waals surface area contributed by atoms with Gasteiger partial charge in [0.15, 0.2) is 5.82 Å². The summed E-state index contributed by atoms with van der Waals surface area (Å²) in [5.74, 6) is 5.91. The third kappa shape index (κ3) is 2.17. The van der Waals surface area contributed by atoms with E-state index in [0.717, 1.165) is 0 Å². The van der Waals surface area contributed by atoms with Crippen LogP contribution >= 0.6 is 15.9 Å². The van der Waals surface area contributed by atoms with Crippen LogP contribution in [0, 0.1) is 5.82 Å². The summed E-state index contributed by atoms with van der Waals surface area (Å²) in [5, 5.41) is 0. The van der Waals surface area contributed by atoms with E-state index >= 15 is 0 Å². The molecule has 0 aliphatic carbocycles. The molecule has 0 aliphatic heterocycles. The van der Waals surface area contributed by atoms with Crippen molar-refractivity contribution in [2.24, 2.45) is 5.84 Å². The highest BCUT2D eigenvalue weighted by molar-refractivity contribution is 9.10. The highest BCUT2D eigenvalue weighted by Crippen LogP contribution is 2.23. The molecule has 16 heavy (non-hydrogen) atoms. The lowest BCUT2D eigenvalue weighted by molar-refractivity contribution is 0.621. The van der Waals surface area contributed by atoms with E-state index in [2.05, 4.69) is 31.3 Å². The molecule has 6 heteroatoms. The van der Waals surface area contributed by atoms with E-state index in [1.165, 1.54) is 6.07 Å². The molecule has 0 saturated heterocycles. The van der Waals surface area contributed by atoms with Gasteiger partial charge in [-0.15, -0.1) is 0 Å². The molecule has 0 aliphatic rings. The summed E-state index contributed by atoms with van der Waals surface area (Å²) in [6.07, 6.45) is 1.58. The Morgan fingerprint density at radius 1 is 1.31 bits per heavy atom. The second kappa shape index (κ2) is 4.54. The van der Waals surface area contributed by atoms with Crippen molar-refractivity contribution in [3.05, 3.63) is 40.8 Å². The van der Waals surface area contributed by atoms with Crippen molar-refractivity contribution < 1.29 is 4.39 Å². The average molecular weight is 283 g/mol. The number of nitrogens with zero attached hydrogens (tertiary/aromatic N) is 2. The largest absolute Gasteiger partial charge is 0.308 e. The summed E-state index contributed by atoms with van der Waals surface area (Å²) in [6.45, 7) is 0. The molecule has 0 spiro atoms. The first-order chi connectivity index (χ1) is 7.70. The van der Waals surface area contributed by atoms with Gasteiger partial charge in [-0.25, -0.2) is 20.2 Å². The maximum atomic E-state index is 13.0. The zero-order valence-corrected chi connectivity index (χ0v) is 9.70. The Labute approximate surface area is 99.8 Å². The fourth-order valence-electron chi connectivity index (χ4n) is 1.21. The molecule has 2 aromatic rings. The van der Waals surface area contributed by atoms with E-state index in [1.54, 1.807) is 24.4 Å². The minimum absolute atomic E-state index is 0.322. The SMILES string of the molecule is NNc1ccnc(-c2ccc(F)c(Br)c2)n1. The fraction of sp³-hybridized carbons (Fsp3) is 0. The Morgan fingerprint density at radius 2 is 2.12 bits per heavy atom. The molecule has 0 atom stereocenters. The smallest absolute Gasteiger partial charge is 0.161 e. The van der Waals surface area contributed by atoms with Gasteiger partial charge in [0.1, 0.15) is 11.6 Å². The first kappa shape index (κ1) is 11.0. The number of nitrogens with two attached hydrogens (primary N) is 1. The number of halogens is 2. The molecule has 1 aromatic heterocycles. The standard InChI is InChI=1S/C10H8BrFN4/c11-7-5-6(1-2-8(7)12)10-14-4-3-9(15-10)16-13/h1-5H,13H2,(H,14,15,16). The lowest BCUT2D eigenvalue weighted by Crippen LogP contribution is -2.09. The zero-order valence-electron chi connectivity index (χ0n) is 8.11. The summed E-state index contributed by atoms with van der Waals surface area (Å²) in [6, 6.07) is 6.22. The van der Waals surface area contributed by atoms with Crippen molar-refractivity contribution in [3.8, 4) is 11.4 Å². The van der Waals surface area contributed by atoms with Gasteiger partial charge in [0.05, 0.1) is 4.47 Å². The normalized spacial score (nSPS) is 10.2. The third-order valence-corrected chi connectivity index (χ3v) is 2.59. The van der Waals surface area contributed by atoms with Crippen LogP contribution in [0.2, 0.25) is 0 Å². The van der Waals surface area contributed by atoms with Gasteiger partial charge >= 0.3 is 0 Å². The van der Waals surface area contributed by atoms with Gasteiger partial charge in [0, 0.05) is 17.8 Å². The number of hydrogen-bond acceptors (Lipinski definition) is 4.